The molecule has 0 aromatic rings. The number of alkyl halides is 1. The molecular weight excluding hydrogens is 260 g/mol. The van der Waals surface area contributed by atoms with E-state index in [0.29, 0.717) is 24.1 Å². The number of ether oxygens (including phenoxy) is 3. The molecule has 0 radical (unpaired) electrons. The van der Waals surface area contributed by atoms with Crippen LogP contribution in [0, 0.1) is 5.92 Å². The summed E-state index contributed by atoms with van der Waals surface area (Å²) in [6, 6.07) is 0. The Labute approximate surface area is 99.6 Å². The molecule has 0 N–H and O–H groups in total. The minimum atomic E-state index is 0.201. The summed E-state index contributed by atoms with van der Waals surface area (Å²) in [7, 11) is 0. The molecule has 4 heteroatoms. The molecule has 2 fully saturated rings. The molecule has 0 bridgehead atoms. The van der Waals surface area contributed by atoms with E-state index in [1.807, 2.05) is 6.92 Å². The van der Waals surface area contributed by atoms with Gasteiger partial charge in [0.25, 0.3) is 0 Å². The topological polar surface area (TPSA) is 27.7 Å². The molecule has 3 nitrogen and oxygen atoms in total. The van der Waals surface area contributed by atoms with Crippen molar-refractivity contribution in [3.63, 3.8) is 0 Å². The Kier molecular flexibility index (Phi) is 4.43. The van der Waals surface area contributed by atoms with Gasteiger partial charge in [0.1, 0.15) is 0 Å². The van der Waals surface area contributed by atoms with E-state index in [-0.39, 0.29) is 6.10 Å². The van der Waals surface area contributed by atoms with Crippen LogP contribution in [0.25, 0.3) is 0 Å². The predicted octanol–water partition coefficient (Wildman–Crippen LogP) is 1.98. The van der Waals surface area contributed by atoms with Gasteiger partial charge in [0, 0.05) is 6.61 Å². The maximum atomic E-state index is 5.83. The van der Waals surface area contributed by atoms with Crippen molar-refractivity contribution < 1.29 is 14.2 Å². The highest BCUT2D eigenvalue weighted by Crippen LogP contribution is 2.34. The lowest BCUT2D eigenvalue weighted by atomic mass is 10.2. The fourth-order valence-corrected chi connectivity index (χ4v) is 2.37. The molecule has 1 saturated carbocycles. The Hall–Kier alpha value is 0.360. The van der Waals surface area contributed by atoms with Crippen molar-refractivity contribution in [2.45, 2.75) is 36.8 Å². The van der Waals surface area contributed by atoms with Crippen molar-refractivity contribution in [3.8, 4) is 0 Å². The average molecular weight is 279 g/mol. The van der Waals surface area contributed by atoms with Gasteiger partial charge in [-0.15, -0.1) is 0 Å². The number of hydrogen-bond acceptors (Lipinski definition) is 3. The first-order valence-electron chi connectivity index (χ1n) is 5.76. The summed E-state index contributed by atoms with van der Waals surface area (Å²) in [6.07, 6.45) is 3.10. The summed E-state index contributed by atoms with van der Waals surface area (Å²) in [5.41, 5.74) is 0. The first kappa shape index (κ1) is 11.8. The molecule has 0 amide bonds. The Bertz CT molecular complexity index is 196. The van der Waals surface area contributed by atoms with E-state index in [9.17, 15) is 0 Å². The van der Waals surface area contributed by atoms with Crippen molar-refractivity contribution in [1.82, 2.24) is 0 Å². The van der Waals surface area contributed by atoms with Crippen LogP contribution < -0.4 is 0 Å². The SMILES string of the molecule is CCOC(COC1COCC1Br)C1CC1. The van der Waals surface area contributed by atoms with Crippen LogP contribution in [0.1, 0.15) is 19.8 Å². The molecular formula is C11H19BrO3. The van der Waals surface area contributed by atoms with Gasteiger partial charge in [-0.25, -0.2) is 0 Å². The zero-order valence-electron chi connectivity index (χ0n) is 9.15. The Balaban J connectivity index is 1.70. The molecule has 15 heavy (non-hydrogen) atoms. The van der Waals surface area contributed by atoms with Crippen molar-refractivity contribution in [3.05, 3.63) is 0 Å². The van der Waals surface area contributed by atoms with E-state index in [1.54, 1.807) is 0 Å². The summed E-state index contributed by atoms with van der Waals surface area (Å²) in [4.78, 5) is 0.346. The largest absolute Gasteiger partial charge is 0.377 e. The third-order valence-corrected chi connectivity index (χ3v) is 3.82. The molecule has 1 aliphatic carbocycles. The van der Waals surface area contributed by atoms with Crippen LogP contribution in [-0.4, -0.2) is 43.5 Å². The minimum Gasteiger partial charge on any atom is -0.377 e. The molecule has 1 heterocycles. The fraction of sp³-hybridized carbons (Fsp3) is 1.00. The molecule has 3 unspecified atom stereocenters. The van der Waals surface area contributed by atoms with E-state index in [2.05, 4.69) is 15.9 Å². The van der Waals surface area contributed by atoms with Gasteiger partial charge in [0.2, 0.25) is 0 Å². The van der Waals surface area contributed by atoms with Crippen LogP contribution in [0.2, 0.25) is 0 Å². The molecule has 0 aromatic heterocycles. The van der Waals surface area contributed by atoms with Gasteiger partial charge in [-0.2, -0.15) is 0 Å². The predicted molar refractivity (Wildman–Crippen MR) is 61.4 cm³/mol. The lowest BCUT2D eigenvalue weighted by Crippen LogP contribution is -2.30. The van der Waals surface area contributed by atoms with Crippen LogP contribution in [-0.2, 0) is 14.2 Å². The van der Waals surface area contributed by atoms with Crippen molar-refractivity contribution >= 4 is 15.9 Å². The fourth-order valence-electron chi connectivity index (χ4n) is 1.88. The molecule has 2 aliphatic rings. The van der Waals surface area contributed by atoms with Gasteiger partial charge >= 0.3 is 0 Å². The third-order valence-electron chi connectivity index (χ3n) is 2.97. The minimum absolute atomic E-state index is 0.201. The second kappa shape index (κ2) is 5.62. The number of rotatable bonds is 6. The Morgan fingerprint density at radius 2 is 2.20 bits per heavy atom. The summed E-state index contributed by atoms with van der Waals surface area (Å²) in [6.45, 7) is 5.01. The first-order valence-corrected chi connectivity index (χ1v) is 6.68. The van der Waals surface area contributed by atoms with E-state index in [0.717, 1.165) is 19.1 Å². The van der Waals surface area contributed by atoms with Gasteiger partial charge in [0.15, 0.2) is 0 Å². The quantitative estimate of drug-likeness (QED) is 0.696. The summed E-state index contributed by atoms with van der Waals surface area (Å²) >= 11 is 3.56. The molecule has 88 valence electrons. The highest BCUT2D eigenvalue weighted by molar-refractivity contribution is 9.09. The zero-order valence-corrected chi connectivity index (χ0v) is 10.7. The summed E-state index contributed by atoms with van der Waals surface area (Å²) < 4.78 is 16.8. The highest BCUT2D eigenvalue weighted by atomic mass is 79.9. The second-order valence-corrected chi connectivity index (χ2v) is 5.43. The molecule has 1 saturated heterocycles. The van der Waals surface area contributed by atoms with Crippen molar-refractivity contribution in [1.29, 1.82) is 0 Å². The van der Waals surface area contributed by atoms with Gasteiger partial charge < -0.3 is 14.2 Å². The second-order valence-electron chi connectivity index (χ2n) is 4.26. The monoisotopic (exact) mass is 278 g/mol. The molecule has 1 aliphatic heterocycles. The first-order chi connectivity index (χ1) is 7.31. The number of hydrogen-bond donors (Lipinski definition) is 0. The van der Waals surface area contributed by atoms with Crippen LogP contribution in [0.4, 0.5) is 0 Å². The van der Waals surface area contributed by atoms with Crippen LogP contribution in [0.5, 0.6) is 0 Å². The van der Waals surface area contributed by atoms with Gasteiger partial charge in [-0.1, -0.05) is 15.9 Å². The zero-order chi connectivity index (χ0) is 10.7. The van der Waals surface area contributed by atoms with Gasteiger partial charge in [-0.3, -0.25) is 0 Å². The van der Waals surface area contributed by atoms with E-state index in [1.165, 1.54) is 12.8 Å². The smallest absolute Gasteiger partial charge is 0.0956 e. The summed E-state index contributed by atoms with van der Waals surface area (Å²) in [5, 5.41) is 0. The normalized spacial score (nSPS) is 33.2. The average Bonchev–Trinajstić information content (AvgIpc) is 2.98. The van der Waals surface area contributed by atoms with Gasteiger partial charge in [-0.05, 0) is 25.7 Å². The number of halogens is 1. The lowest BCUT2D eigenvalue weighted by Gasteiger charge is -2.20. The van der Waals surface area contributed by atoms with Crippen molar-refractivity contribution in [2.24, 2.45) is 5.92 Å². The van der Waals surface area contributed by atoms with Crippen LogP contribution in [0.3, 0.4) is 0 Å². The standard InChI is InChI=1S/C11H19BrO3/c1-2-14-10(8-3-4-8)7-15-11-6-13-5-9(11)12/h8-11H,2-7H2,1H3. The molecule has 3 atom stereocenters. The Morgan fingerprint density at radius 1 is 1.40 bits per heavy atom. The molecule has 0 spiro atoms. The van der Waals surface area contributed by atoms with E-state index in [4.69, 9.17) is 14.2 Å². The molecule has 0 aromatic carbocycles. The third kappa shape index (κ3) is 3.41. The maximum Gasteiger partial charge on any atom is 0.0956 e. The highest BCUT2D eigenvalue weighted by Gasteiger charge is 2.34. The van der Waals surface area contributed by atoms with Crippen LogP contribution in [0.15, 0.2) is 0 Å². The van der Waals surface area contributed by atoms with Gasteiger partial charge in [0.05, 0.1) is 36.9 Å². The lowest BCUT2D eigenvalue weighted by molar-refractivity contribution is -0.0494. The Morgan fingerprint density at radius 3 is 2.73 bits per heavy atom. The van der Waals surface area contributed by atoms with E-state index < -0.39 is 0 Å². The van der Waals surface area contributed by atoms with Crippen LogP contribution >= 0.6 is 15.9 Å². The summed E-state index contributed by atoms with van der Waals surface area (Å²) in [5.74, 6) is 0.737. The van der Waals surface area contributed by atoms with Crippen molar-refractivity contribution in [2.75, 3.05) is 26.4 Å². The van der Waals surface area contributed by atoms with E-state index >= 15 is 0 Å². The molecule has 2 rings (SSSR count). The maximum absolute atomic E-state index is 5.83.